The third-order valence-electron chi connectivity index (χ3n) is 4.68. The van der Waals surface area contributed by atoms with E-state index in [2.05, 4.69) is 15.6 Å². The summed E-state index contributed by atoms with van der Waals surface area (Å²) in [6.45, 7) is 0. The molecule has 0 unspecified atom stereocenters. The van der Waals surface area contributed by atoms with Crippen LogP contribution in [0.3, 0.4) is 0 Å². The number of hydrogen-bond acceptors (Lipinski definition) is 2. The molecule has 2 fully saturated rings. The zero-order valence-corrected chi connectivity index (χ0v) is 12.9. The number of H-pyrrole nitrogens is 1. The van der Waals surface area contributed by atoms with Crippen LogP contribution in [0.1, 0.15) is 29.8 Å². The summed E-state index contributed by atoms with van der Waals surface area (Å²) < 4.78 is 0. The highest BCUT2D eigenvalue weighted by Gasteiger charge is 2.39. The fourth-order valence-corrected chi connectivity index (χ4v) is 3.77. The first-order valence-corrected chi connectivity index (χ1v) is 8.09. The second kappa shape index (κ2) is 5.45. The zero-order valence-electron chi connectivity index (χ0n) is 12.1. The Labute approximate surface area is 134 Å². The fourth-order valence-electron chi connectivity index (χ4n) is 3.58. The summed E-state index contributed by atoms with van der Waals surface area (Å²) in [6.07, 6.45) is 3.44. The molecule has 0 aliphatic carbocycles. The van der Waals surface area contributed by atoms with Gasteiger partial charge in [-0.25, -0.2) is 0 Å². The molecule has 3 heterocycles. The van der Waals surface area contributed by atoms with Gasteiger partial charge in [0.25, 0.3) is 5.91 Å². The number of halogens is 1. The van der Waals surface area contributed by atoms with Crippen LogP contribution in [0.15, 0.2) is 36.4 Å². The topological polar surface area (TPSA) is 56.9 Å². The Kier molecular flexibility index (Phi) is 3.43. The molecule has 1 aromatic heterocycles. The quantitative estimate of drug-likeness (QED) is 0.815. The van der Waals surface area contributed by atoms with Crippen LogP contribution in [0, 0.1) is 0 Å². The lowest BCUT2D eigenvalue weighted by molar-refractivity contribution is 0.0926. The molecule has 3 atom stereocenters. The summed E-state index contributed by atoms with van der Waals surface area (Å²) in [6, 6.07) is 12.6. The van der Waals surface area contributed by atoms with Crippen LogP contribution in [-0.4, -0.2) is 29.0 Å². The molecule has 4 rings (SSSR count). The summed E-state index contributed by atoms with van der Waals surface area (Å²) in [7, 11) is 0. The van der Waals surface area contributed by atoms with Gasteiger partial charge in [0.15, 0.2) is 0 Å². The Morgan fingerprint density at radius 2 is 2.14 bits per heavy atom. The monoisotopic (exact) mass is 315 g/mol. The second-order valence-corrected chi connectivity index (χ2v) is 6.60. The summed E-state index contributed by atoms with van der Waals surface area (Å²) in [5.74, 6) is -0.0346. The normalized spacial score (nSPS) is 26.3. The van der Waals surface area contributed by atoms with Gasteiger partial charge in [-0.1, -0.05) is 23.7 Å². The van der Waals surface area contributed by atoms with E-state index in [-0.39, 0.29) is 11.9 Å². The average Bonchev–Trinajstić information content (AvgIpc) is 3.23. The lowest BCUT2D eigenvalue weighted by Gasteiger charge is -2.21. The van der Waals surface area contributed by atoms with Crippen LogP contribution in [-0.2, 0) is 0 Å². The Hall–Kier alpha value is -1.78. The van der Waals surface area contributed by atoms with Crippen molar-refractivity contribution >= 4 is 17.5 Å². The summed E-state index contributed by atoms with van der Waals surface area (Å²) in [5.41, 5.74) is 2.48. The van der Waals surface area contributed by atoms with Crippen molar-refractivity contribution in [3.05, 3.63) is 47.1 Å². The fraction of sp³-hybridized carbons (Fsp3) is 0.353. The van der Waals surface area contributed by atoms with E-state index in [0.29, 0.717) is 22.8 Å². The highest BCUT2D eigenvalue weighted by molar-refractivity contribution is 6.30. The van der Waals surface area contributed by atoms with Crippen molar-refractivity contribution in [1.29, 1.82) is 0 Å². The molecule has 1 aromatic carbocycles. The molecule has 0 radical (unpaired) electrons. The van der Waals surface area contributed by atoms with Crippen molar-refractivity contribution in [3.8, 4) is 11.3 Å². The van der Waals surface area contributed by atoms with Crippen molar-refractivity contribution in [2.75, 3.05) is 0 Å². The van der Waals surface area contributed by atoms with Gasteiger partial charge in [0.1, 0.15) is 5.69 Å². The van der Waals surface area contributed by atoms with Crippen LogP contribution in [0.4, 0.5) is 0 Å². The Bertz CT molecular complexity index is 711. The predicted molar refractivity (Wildman–Crippen MR) is 87.1 cm³/mol. The van der Waals surface area contributed by atoms with Gasteiger partial charge in [0.2, 0.25) is 0 Å². The summed E-state index contributed by atoms with van der Waals surface area (Å²) in [5, 5.41) is 7.36. The molecule has 2 bridgehead atoms. The van der Waals surface area contributed by atoms with E-state index in [1.165, 1.54) is 6.42 Å². The average molecular weight is 316 g/mol. The minimum atomic E-state index is -0.0346. The van der Waals surface area contributed by atoms with E-state index in [1.807, 2.05) is 36.4 Å². The van der Waals surface area contributed by atoms with Gasteiger partial charge >= 0.3 is 0 Å². The second-order valence-electron chi connectivity index (χ2n) is 6.16. The van der Waals surface area contributed by atoms with E-state index in [1.54, 1.807) is 0 Å². The van der Waals surface area contributed by atoms with Crippen molar-refractivity contribution in [2.45, 2.75) is 37.4 Å². The van der Waals surface area contributed by atoms with Gasteiger partial charge in [-0.15, -0.1) is 0 Å². The van der Waals surface area contributed by atoms with Crippen LogP contribution in [0.5, 0.6) is 0 Å². The summed E-state index contributed by atoms with van der Waals surface area (Å²) >= 11 is 6.01. The van der Waals surface area contributed by atoms with Crippen LogP contribution in [0.25, 0.3) is 11.3 Å². The molecule has 4 nitrogen and oxygen atoms in total. The maximum atomic E-state index is 12.4. The first-order chi connectivity index (χ1) is 10.7. The van der Waals surface area contributed by atoms with E-state index in [9.17, 15) is 4.79 Å². The molecular weight excluding hydrogens is 298 g/mol. The first-order valence-electron chi connectivity index (χ1n) is 7.71. The Balaban J connectivity index is 1.48. The first kappa shape index (κ1) is 13.9. The van der Waals surface area contributed by atoms with Crippen molar-refractivity contribution in [2.24, 2.45) is 0 Å². The van der Waals surface area contributed by atoms with Gasteiger partial charge < -0.3 is 15.6 Å². The molecule has 2 saturated heterocycles. The van der Waals surface area contributed by atoms with Gasteiger partial charge in [-0.3, -0.25) is 4.79 Å². The largest absolute Gasteiger partial charge is 0.351 e. The van der Waals surface area contributed by atoms with Crippen LogP contribution >= 0.6 is 11.6 Å². The third kappa shape index (κ3) is 2.53. The van der Waals surface area contributed by atoms with Crippen molar-refractivity contribution in [3.63, 3.8) is 0 Å². The maximum Gasteiger partial charge on any atom is 0.267 e. The molecule has 2 aromatic rings. The van der Waals surface area contributed by atoms with Crippen LogP contribution < -0.4 is 10.6 Å². The molecule has 1 amide bonds. The number of benzene rings is 1. The van der Waals surface area contributed by atoms with E-state index >= 15 is 0 Å². The SMILES string of the molecule is O=C(N[C@@H]1C[C@H]2CC[C@@H]1N2)c1ccc(-c2cccc(Cl)c2)[nH]1. The van der Waals surface area contributed by atoms with Gasteiger partial charge in [-0.05, 0) is 49.1 Å². The van der Waals surface area contributed by atoms with Crippen molar-refractivity contribution in [1.82, 2.24) is 15.6 Å². The number of amides is 1. The number of hydrogen-bond donors (Lipinski definition) is 3. The zero-order chi connectivity index (χ0) is 15.1. The number of rotatable bonds is 3. The van der Waals surface area contributed by atoms with Gasteiger partial charge in [-0.2, -0.15) is 0 Å². The standard InChI is InChI=1S/C17H18ClN3O/c18-11-3-1-2-10(8-11)13-6-7-15(20-13)17(22)21-16-9-12-4-5-14(16)19-12/h1-3,6-8,12,14,16,19-20H,4-5,9H2,(H,21,22)/t12-,14+,16-/m1/s1. The van der Waals surface area contributed by atoms with E-state index < -0.39 is 0 Å². The third-order valence-corrected chi connectivity index (χ3v) is 4.92. The molecular formula is C17H18ClN3O. The Morgan fingerprint density at radius 1 is 1.23 bits per heavy atom. The smallest absolute Gasteiger partial charge is 0.267 e. The Morgan fingerprint density at radius 3 is 2.86 bits per heavy atom. The predicted octanol–water partition coefficient (Wildman–Crippen LogP) is 2.96. The molecule has 2 aliphatic heterocycles. The molecule has 3 N–H and O–H groups in total. The highest BCUT2D eigenvalue weighted by atomic mass is 35.5. The number of aromatic amines is 1. The molecule has 0 spiro atoms. The molecule has 22 heavy (non-hydrogen) atoms. The highest BCUT2D eigenvalue weighted by Crippen LogP contribution is 2.28. The lowest BCUT2D eigenvalue weighted by Crippen LogP contribution is -2.43. The molecule has 5 heteroatoms. The van der Waals surface area contributed by atoms with Crippen LogP contribution in [0.2, 0.25) is 5.02 Å². The van der Waals surface area contributed by atoms with E-state index in [0.717, 1.165) is 24.1 Å². The number of aromatic nitrogens is 1. The molecule has 2 aliphatic rings. The van der Waals surface area contributed by atoms with E-state index in [4.69, 9.17) is 11.6 Å². The molecule has 114 valence electrons. The number of carbonyl (C=O) groups excluding carboxylic acids is 1. The number of fused-ring (bicyclic) bond motifs is 2. The number of carbonyl (C=O) groups is 1. The minimum absolute atomic E-state index is 0.0346. The van der Waals surface area contributed by atoms with Gasteiger partial charge in [0.05, 0.1) is 0 Å². The maximum absolute atomic E-state index is 12.4. The molecule has 0 saturated carbocycles. The van der Waals surface area contributed by atoms with Gasteiger partial charge in [0, 0.05) is 28.8 Å². The van der Waals surface area contributed by atoms with Crippen molar-refractivity contribution < 1.29 is 4.79 Å². The minimum Gasteiger partial charge on any atom is -0.351 e. The summed E-state index contributed by atoms with van der Waals surface area (Å²) in [4.78, 5) is 15.6. The number of nitrogens with one attached hydrogen (secondary N) is 3. The lowest BCUT2D eigenvalue weighted by atomic mass is 9.95.